The molecule has 116 valence electrons. The van der Waals surface area contributed by atoms with Crippen LogP contribution in [-0.4, -0.2) is 45.2 Å². The Kier molecular flexibility index (Phi) is 6.09. The van der Waals surface area contributed by atoms with E-state index in [1.54, 1.807) is 0 Å². The molecule has 5 N–H and O–H groups in total. The number of aromatic nitrogens is 4. The molecule has 10 nitrogen and oxygen atoms in total. The Bertz CT molecular complexity index is 669. The third-order valence-electron chi connectivity index (χ3n) is 2.38. The van der Waals surface area contributed by atoms with Crippen LogP contribution in [0.15, 0.2) is 11.1 Å². The lowest BCUT2D eigenvalue weighted by molar-refractivity contribution is -0.143. The molecule has 0 radical (unpaired) electrons. The molecule has 0 spiro atoms. The third kappa shape index (κ3) is 4.15. The Balaban J connectivity index is 0.00000220. The molecule has 0 unspecified atom stereocenters. The topological polar surface area (TPSA) is 151 Å². The van der Waals surface area contributed by atoms with Crippen LogP contribution in [0.2, 0.25) is 0 Å². The minimum Gasteiger partial charge on any atom is -0.462 e. The Labute approximate surface area is 124 Å². The predicted octanol–water partition coefficient (Wildman–Crippen LogP) is -1.40. The number of imidazole rings is 1. The number of rotatable bonds is 6. The number of halogens is 1. The average molecular weight is 319 g/mol. The molecule has 0 aliphatic heterocycles. The molecule has 0 fully saturated rings. The summed E-state index contributed by atoms with van der Waals surface area (Å²) in [4.78, 5) is 32.6. The van der Waals surface area contributed by atoms with Gasteiger partial charge in [-0.25, -0.2) is 4.98 Å². The number of hydrogen-bond donors (Lipinski definition) is 3. The Morgan fingerprint density at radius 2 is 2.19 bits per heavy atom. The highest BCUT2D eigenvalue weighted by atomic mass is 35.5. The molecule has 0 atom stereocenters. The van der Waals surface area contributed by atoms with Crippen molar-refractivity contribution in [2.45, 2.75) is 6.73 Å². The van der Waals surface area contributed by atoms with Crippen molar-refractivity contribution in [1.29, 1.82) is 0 Å². The van der Waals surface area contributed by atoms with E-state index in [0.29, 0.717) is 5.65 Å². The van der Waals surface area contributed by atoms with Gasteiger partial charge in [-0.2, -0.15) is 4.98 Å². The molecule has 2 rings (SSSR count). The lowest BCUT2D eigenvalue weighted by Crippen LogP contribution is -2.19. The number of hydrogen-bond acceptors (Lipinski definition) is 8. The smallest absolute Gasteiger partial charge is 0.319 e. The van der Waals surface area contributed by atoms with Crippen molar-refractivity contribution in [2.75, 3.05) is 25.5 Å². The maximum absolute atomic E-state index is 11.5. The van der Waals surface area contributed by atoms with Crippen LogP contribution in [0.5, 0.6) is 0 Å². The van der Waals surface area contributed by atoms with Crippen molar-refractivity contribution in [3.8, 4) is 0 Å². The van der Waals surface area contributed by atoms with Gasteiger partial charge in [-0.15, -0.1) is 12.4 Å². The molecular weight excluding hydrogens is 304 g/mol. The van der Waals surface area contributed by atoms with Crippen LogP contribution in [0.4, 0.5) is 5.95 Å². The lowest BCUT2D eigenvalue weighted by Gasteiger charge is -2.06. The second kappa shape index (κ2) is 7.57. The molecule has 0 saturated heterocycles. The Morgan fingerprint density at radius 1 is 1.43 bits per heavy atom. The first-order chi connectivity index (χ1) is 9.61. The summed E-state index contributed by atoms with van der Waals surface area (Å²) in [7, 11) is 0. The number of nitrogens with two attached hydrogens (primary N) is 2. The standard InChI is InChI=1S/C10H14N6O4.ClH/c11-3-6(17)20-2-1-19-5-16-4-13-7-8(16)14-10(12)15-9(7)18;/h4H,1-3,5,11H2,(H3,12,14,15,18);1H. The number of nitrogens with zero attached hydrogens (tertiary/aromatic N) is 3. The van der Waals surface area contributed by atoms with Gasteiger partial charge in [0.05, 0.1) is 19.5 Å². The van der Waals surface area contributed by atoms with Crippen LogP contribution in [0.1, 0.15) is 0 Å². The first kappa shape index (κ1) is 16.9. The van der Waals surface area contributed by atoms with Gasteiger partial charge in [0, 0.05) is 0 Å². The van der Waals surface area contributed by atoms with E-state index in [9.17, 15) is 9.59 Å². The zero-order valence-corrected chi connectivity index (χ0v) is 11.8. The Morgan fingerprint density at radius 3 is 2.90 bits per heavy atom. The summed E-state index contributed by atoms with van der Waals surface area (Å²) < 4.78 is 11.5. The van der Waals surface area contributed by atoms with E-state index in [1.165, 1.54) is 10.9 Å². The van der Waals surface area contributed by atoms with Crippen LogP contribution in [0.3, 0.4) is 0 Å². The number of nitrogen functional groups attached to an aromatic ring is 1. The van der Waals surface area contributed by atoms with E-state index in [2.05, 4.69) is 15.0 Å². The number of ether oxygens (including phenoxy) is 2. The summed E-state index contributed by atoms with van der Waals surface area (Å²) in [6.07, 6.45) is 1.41. The highest BCUT2D eigenvalue weighted by molar-refractivity contribution is 5.85. The number of fused-ring (bicyclic) bond motifs is 1. The second-order valence-corrected chi connectivity index (χ2v) is 3.80. The molecule has 0 aliphatic rings. The molecule has 0 aliphatic carbocycles. The second-order valence-electron chi connectivity index (χ2n) is 3.80. The summed E-state index contributed by atoms with van der Waals surface area (Å²) in [5.74, 6) is -0.496. The minimum atomic E-state index is -0.498. The van der Waals surface area contributed by atoms with Crippen molar-refractivity contribution in [1.82, 2.24) is 19.5 Å². The van der Waals surface area contributed by atoms with Crippen LogP contribution in [0.25, 0.3) is 11.2 Å². The zero-order chi connectivity index (χ0) is 14.5. The number of carbonyl (C=O) groups is 1. The largest absolute Gasteiger partial charge is 0.462 e. The molecular formula is C10H15ClN6O4. The van der Waals surface area contributed by atoms with Gasteiger partial charge < -0.3 is 20.9 Å². The summed E-state index contributed by atoms with van der Waals surface area (Å²) in [6, 6.07) is 0. The molecule has 2 aromatic rings. The van der Waals surface area contributed by atoms with Crippen molar-refractivity contribution < 1.29 is 14.3 Å². The third-order valence-corrected chi connectivity index (χ3v) is 2.38. The minimum absolute atomic E-state index is 0. The van der Waals surface area contributed by atoms with E-state index in [1.807, 2.05) is 0 Å². The molecule has 2 heterocycles. The fourth-order valence-corrected chi connectivity index (χ4v) is 1.50. The van der Waals surface area contributed by atoms with E-state index in [-0.39, 0.29) is 50.4 Å². The fraction of sp³-hybridized carbons (Fsp3) is 0.400. The molecule has 0 amide bonds. The first-order valence-electron chi connectivity index (χ1n) is 5.76. The molecule has 11 heteroatoms. The van der Waals surface area contributed by atoms with Gasteiger partial charge in [0.2, 0.25) is 5.95 Å². The van der Waals surface area contributed by atoms with Gasteiger partial charge in [0.15, 0.2) is 11.2 Å². The highest BCUT2D eigenvalue weighted by Gasteiger charge is 2.09. The quantitative estimate of drug-likeness (QED) is 0.434. The van der Waals surface area contributed by atoms with Crippen LogP contribution in [-0.2, 0) is 21.0 Å². The van der Waals surface area contributed by atoms with Crippen molar-refractivity contribution >= 4 is 35.5 Å². The van der Waals surface area contributed by atoms with Gasteiger partial charge >= 0.3 is 5.97 Å². The SMILES string of the molecule is Cl.NCC(=O)OCCOCn1cnc2c(=O)[nH]c(N)nc21. The normalized spacial score (nSPS) is 10.3. The number of aromatic amines is 1. The lowest BCUT2D eigenvalue weighted by atomic mass is 10.5. The molecule has 0 saturated carbocycles. The summed E-state index contributed by atoms with van der Waals surface area (Å²) >= 11 is 0. The van der Waals surface area contributed by atoms with Gasteiger partial charge in [-0.1, -0.05) is 0 Å². The van der Waals surface area contributed by atoms with E-state index in [4.69, 9.17) is 20.9 Å². The highest BCUT2D eigenvalue weighted by Crippen LogP contribution is 2.06. The van der Waals surface area contributed by atoms with Crippen molar-refractivity contribution in [3.63, 3.8) is 0 Å². The number of esters is 1. The summed E-state index contributed by atoms with van der Waals surface area (Å²) in [5, 5.41) is 0. The van der Waals surface area contributed by atoms with E-state index >= 15 is 0 Å². The molecule has 2 aromatic heterocycles. The van der Waals surface area contributed by atoms with Crippen molar-refractivity contribution in [2.24, 2.45) is 5.73 Å². The average Bonchev–Trinajstić information content (AvgIpc) is 2.81. The first-order valence-corrected chi connectivity index (χ1v) is 5.76. The summed E-state index contributed by atoms with van der Waals surface area (Å²) in [5.41, 5.74) is 10.6. The maximum atomic E-state index is 11.5. The molecule has 0 aromatic carbocycles. The van der Waals surface area contributed by atoms with Gasteiger partial charge in [0.25, 0.3) is 5.56 Å². The Hall–Kier alpha value is -2.17. The summed E-state index contributed by atoms with van der Waals surface area (Å²) in [6.45, 7) is 0.216. The van der Waals surface area contributed by atoms with Gasteiger partial charge in [0.1, 0.15) is 13.3 Å². The maximum Gasteiger partial charge on any atom is 0.319 e. The zero-order valence-electron chi connectivity index (χ0n) is 10.9. The van der Waals surface area contributed by atoms with Gasteiger partial charge in [-0.3, -0.25) is 19.1 Å². The predicted molar refractivity (Wildman–Crippen MR) is 75.8 cm³/mol. The number of carbonyl (C=O) groups excluding carboxylic acids is 1. The van der Waals surface area contributed by atoms with Crippen LogP contribution in [0, 0.1) is 0 Å². The van der Waals surface area contributed by atoms with Crippen LogP contribution >= 0.6 is 12.4 Å². The van der Waals surface area contributed by atoms with E-state index < -0.39 is 11.5 Å². The van der Waals surface area contributed by atoms with Gasteiger partial charge in [-0.05, 0) is 0 Å². The molecule has 21 heavy (non-hydrogen) atoms. The monoisotopic (exact) mass is 318 g/mol. The fourth-order valence-electron chi connectivity index (χ4n) is 1.50. The van der Waals surface area contributed by atoms with Crippen LogP contribution < -0.4 is 17.0 Å². The van der Waals surface area contributed by atoms with Crippen molar-refractivity contribution in [3.05, 3.63) is 16.7 Å². The number of nitrogens with one attached hydrogen (secondary N) is 1. The number of anilines is 1. The number of H-pyrrole nitrogens is 1. The molecule has 0 bridgehead atoms. The van der Waals surface area contributed by atoms with E-state index in [0.717, 1.165) is 0 Å².